The van der Waals surface area contributed by atoms with Crippen LogP contribution in [0.4, 0.5) is 10.1 Å². The largest absolute Gasteiger partial charge is 0.322 e. The zero-order chi connectivity index (χ0) is 18.1. The van der Waals surface area contributed by atoms with Gasteiger partial charge in [-0.25, -0.2) is 4.39 Å². The Morgan fingerprint density at radius 2 is 1.62 bits per heavy atom. The summed E-state index contributed by atoms with van der Waals surface area (Å²) in [6.07, 6.45) is 0. The van der Waals surface area contributed by atoms with E-state index in [0.29, 0.717) is 16.8 Å². The molecule has 0 bridgehead atoms. The maximum atomic E-state index is 13.0. The van der Waals surface area contributed by atoms with Gasteiger partial charge >= 0.3 is 0 Å². The van der Waals surface area contributed by atoms with Crippen molar-refractivity contribution in [2.45, 2.75) is 6.92 Å². The average Bonchev–Trinajstić information content (AvgIpc) is 3.06. The molecule has 1 heterocycles. The number of fused-ring (bicyclic) bond motifs is 1. The molecule has 0 unspecified atom stereocenters. The van der Waals surface area contributed by atoms with Gasteiger partial charge in [-0.15, -0.1) is 10.2 Å². The third-order valence-electron chi connectivity index (χ3n) is 4.01. The molecule has 1 aromatic heterocycles. The Morgan fingerprint density at radius 3 is 2.35 bits per heavy atom. The predicted octanol–water partition coefficient (Wildman–Crippen LogP) is 4.12. The average molecular weight is 346 g/mol. The van der Waals surface area contributed by atoms with Crippen LogP contribution in [0.5, 0.6) is 0 Å². The number of carbonyl (C=O) groups excluding carboxylic acids is 1. The first-order valence-corrected chi connectivity index (χ1v) is 8.09. The molecule has 1 amide bonds. The summed E-state index contributed by atoms with van der Waals surface area (Å²) in [7, 11) is 0. The molecular formula is C20H15FN4O. The van der Waals surface area contributed by atoms with E-state index in [4.69, 9.17) is 0 Å². The molecule has 0 spiro atoms. The van der Waals surface area contributed by atoms with Crippen molar-refractivity contribution in [1.82, 2.24) is 15.0 Å². The quantitative estimate of drug-likeness (QED) is 0.607. The molecular weight excluding hydrogens is 331 g/mol. The molecule has 3 aromatic carbocycles. The lowest BCUT2D eigenvalue weighted by Crippen LogP contribution is -2.11. The van der Waals surface area contributed by atoms with E-state index >= 15 is 0 Å². The highest BCUT2D eigenvalue weighted by atomic mass is 19.1. The fourth-order valence-electron chi connectivity index (χ4n) is 2.59. The maximum Gasteiger partial charge on any atom is 0.255 e. The molecule has 0 fully saturated rings. The number of hydrogen-bond acceptors (Lipinski definition) is 3. The van der Waals surface area contributed by atoms with Gasteiger partial charge in [0.05, 0.1) is 5.69 Å². The minimum absolute atomic E-state index is 0.310. The van der Waals surface area contributed by atoms with E-state index in [2.05, 4.69) is 15.5 Å². The van der Waals surface area contributed by atoms with Crippen LogP contribution in [-0.4, -0.2) is 20.9 Å². The van der Waals surface area contributed by atoms with Crippen molar-refractivity contribution in [3.8, 4) is 5.69 Å². The van der Waals surface area contributed by atoms with Crippen LogP contribution in [0.2, 0.25) is 0 Å². The fourth-order valence-corrected chi connectivity index (χ4v) is 2.59. The third-order valence-corrected chi connectivity index (χ3v) is 4.01. The van der Waals surface area contributed by atoms with Crippen LogP contribution in [0.25, 0.3) is 16.7 Å². The van der Waals surface area contributed by atoms with Crippen LogP contribution >= 0.6 is 0 Å². The summed E-state index contributed by atoms with van der Waals surface area (Å²) < 4.78 is 13.0. The van der Waals surface area contributed by atoms with Crippen molar-refractivity contribution in [2.24, 2.45) is 0 Å². The van der Waals surface area contributed by atoms with Gasteiger partial charge in [-0.05, 0) is 61.5 Å². The topological polar surface area (TPSA) is 59.8 Å². The molecule has 5 nitrogen and oxygen atoms in total. The SMILES string of the molecule is Cc1ccc(-n2nc3ccc(NC(=O)c4ccc(F)cc4)cc3n2)cc1. The molecule has 0 aliphatic heterocycles. The van der Waals surface area contributed by atoms with Gasteiger partial charge < -0.3 is 5.32 Å². The Kier molecular flexibility index (Phi) is 3.93. The first-order valence-electron chi connectivity index (χ1n) is 8.09. The second kappa shape index (κ2) is 6.40. The van der Waals surface area contributed by atoms with E-state index in [1.165, 1.54) is 24.3 Å². The Morgan fingerprint density at radius 1 is 0.923 bits per heavy atom. The third kappa shape index (κ3) is 3.17. The summed E-state index contributed by atoms with van der Waals surface area (Å²) in [5, 5.41) is 11.7. The summed E-state index contributed by atoms with van der Waals surface area (Å²) in [5.41, 5.74) is 4.41. The van der Waals surface area contributed by atoms with E-state index in [1.807, 2.05) is 31.2 Å². The van der Waals surface area contributed by atoms with Gasteiger partial charge in [-0.3, -0.25) is 4.79 Å². The Bertz CT molecular complexity index is 1090. The number of hydrogen-bond donors (Lipinski definition) is 1. The molecule has 0 radical (unpaired) electrons. The monoisotopic (exact) mass is 346 g/mol. The molecule has 0 saturated carbocycles. The lowest BCUT2D eigenvalue weighted by molar-refractivity contribution is 0.102. The molecule has 4 aromatic rings. The zero-order valence-corrected chi connectivity index (χ0v) is 14.0. The van der Waals surface area contributed by atoms with Crippen LogP contribution in [0.15, 0.2) is 66.7 Å². The number of amides is 1. The highest BCUT2D eigenvalue weighted by Crippen LogP contribution is 2.18. The second-order valence-corrected chi connectivity index (χ2v) is 5.99. The van der Waals surface area contributed by atoms with Gasteiger partial charge in [-0.2, -0.15) is 4.80 Å². The highest BCUT2D eigenvalue weighted by Gasteiger charge is 2.09. The Balaban J connectivity index is 1.60. The van der Waals surface area contributed by atoms with E-state index < -0.39 is 0 Å². The Hall–Kier alpha value is -3.54. The number of halogens is 1. The molecule has 0 aliphatic rings. The number of rotatable bonds is 3. The maximum absolute atomic E-state index is 13.0. The molecule has 128 valence electrons. The molecule has 26 heavy (non-hydrogen) atoms. The zero-order valence-electron chi connectivity index (χ0n) is 14.0. The van der Waals surface area contributed by atoms with E-state index in [0.717, 1.165) is 16.8 Å². The summed E-state index contributed by atoms with van der Waals surface area (Å²) in [4.78, 5) is 13.8. The van der Waals surface area contributed by atoms with Crippen LogP contribution in [0.3, 0.4) is 0 Å². The van der Waals surface area contributed by atoms with E-state index in [1.54, 1.807) is 23.0 Å². The number of aryl methyl sites for hydroxylation is 1. The number of aromatic nitrogens is 3. The molecule has 0 saturated heterocycles. The smallest absolute Gasteiger partial charge is 0.255 e. The lowest BCUT2D eigenvalue weighted by Gasteiger charge is -2.04. The Labute approximate surface area is 149 Å². The summed E-state index contributed by atoms with van der Waals surface area (Å²) in [5.74, 6) is -0.689. The van der Waals surface area contributed by atoms with Crippen LogP contribution in [0, 0.1) is 12.7 Å². The van der Waals surface area contributed by atoms with Crippen molar-refractivity contribution >= 4 is 22.6 Å². The number of anilines is 1. The number of benzene rings is 3. The van der Waals surface area contributed by atoms with Crippen LogP contribution in [0.1, 0.15) is 15.9 Å². The molecule has 0 atom stereocenters. The number of nitrogens with one attached hydrogen (secondary N) is 1. The van der Waals surface area contributed by atoms with Crippen molar-refractivity contribution in [3.63, 3.8) is 0 Å². The second-order valence-electron chi connectivity index (χ2n) is 5.99. The molecule has 0 aliphatic carbocycles. The van der Waals surface area contributed by atoms with Crippen molar-refractivity contribution in [1.29, 1.82) is 0 Å². The summed E-state index contributed by atoms with van der Waals surface area (Å²) >= 11 is 0. The van der Waals surface area contributed by atoms with Gasteiger partial charge in [0.15, 0.2) is 0 Å². The van der Waals surface area contributed by atoms with Gasteiger partial charge in [0.1, 0.15) is 16.9 Å². The number of nitrogens with zero attached hydrogens (tertiary/aromatic N) is 3. The lowest BCUT2D eigenvalue weighted by atomic mass is 10.2. The molecule has 1 N–H and O–H groups in total. The van der Waals surface area contributed by atoms with Gasteiger partial charge in [-0.1, -0.05) is 17.7 Å². The first-order chi connectivity index (χ1) is 12.6. The fraction of sp³-hybridized carbons (Fsp3) is 0.0500. The summed E-state index contributed by atoms with van der Waals surface area (Å²) in [6.45, 7) is 2.02. The highest BCUT2D eigenvalue weighted by molar-refractivity contribution is 6.04. The van der Waals surface area contributed by atoms with Crippen molar-refractivity contribution in [3.05, 3.63) is 83.7 Å². The van der Waals surface area contributed by atoms with Crippen molar-refractivity contribution < 1.29 is 9.18 Å². The van der Waals surface area contributed by atoms with Gasteiger partial charge in [0, 0.05) is 11.3 Å². The molecule has 6 heteroatoms. The van der Waals surface area contributed by atoms with Crippen LogP contribution in [-0.2, 0) is 0 Å². The number of carbonyl (C=O) groups is 1. The standard InChI is InChI=1S/C20H15FN4O/c1-13-2-9-17(10-3-13)25-23-18-11-8-16(12-19(18)24-25)22-20(26)14-4-6-15(21)7-5-14/h2-12H,1H3,(H,22,26). The van der Waals surface area contributed by atoms with E-state index in [9.17, 15) is 9.18 Å². The minimum Gasteiger partial charge on any atom is -0.322 e. The molecule has 4 rings (SSSR count). The van der Waals surface area contributed by atoms with E-state index in [-0.39, 0.29) is 11.7 Å². The van der Waals surface area contributed by atoms with Gasteiger partial charge in [0.2, 0.25) is 0 Å². The first kappa shape index (κ1) is 16.0. The van der Waals surface area contributed by atoms with Gasteiger partial charge in [0.25, 0.3) is 5.91 Å². The normalized spacial score (nSPS) is 10.8. The minimum atomic E-state index is -0.379. The predicted molar refractivity (Wildman–Crippen MR) is 98.0 cm³/mol. The van der Waals surface area contributed by atoms with Crippen molar-refractivity contribution in [2.75, 3.05) is 5.32 Å². The summed E-state index contributed by atoms with van der Waals surface area (Å²) in [6, 6.07) is 18.6. The van der Waals surface area contributed by atoms with Crippen LogP contribution < -0.4 is 5.32 Å².